The van der Waals surface area contributed by atoms with Gasteiger partial charge in [-0.1, -0.05) is 17.7 Å². The molecule has 0 bridgehead atoms. The molecule has 1 unspecified atom stereocenters. The third kappa shape index (κ3) is 2.51. The van der Waals surface area contributed by atoms with Gasteiger partial charge in [0.25, 0.3) is 0 Å². The van der Waals surface area contributed by atoms with Gasteiger partial charge in [0.2, 0.25) is 10.0 Å². The van der Waals surface area contributed by atoms with E-state index in [-0.39, 0.29) is 6.23 Å². The lowest BCUT2D eigenvalue weighted by molar-refractivity contribution is -0.0410. The SMILES string of the molecule is Cc1ccc(S(=O)(=O)N2CCCOC2C)cc1. The number of sulfonamides is 1. The van der Waals surface area contributed by atoms with Gasteiger partial charge in [0.1, 0.15) is 6.23 Å². The monoisotopic (exact) mass is 255 g/mol. The van der Waals surface area contributed by atoms with E-state index in [0.29, 0.717) is 18.0 Å². The minimum absolute atomic E-state index is 0.334. The Morgan fingerprint density at radius 2 is 1.94 bits per heavy atom. The van der Waals surface area contributed by atoms with Gasteiger partial charge in [0, 0.05) is 13.2 Å². The van der Waals surface area contributed by atoms with Crippen LogP contribution >= 0.6 is 0 Å². The van der Waals surface area contributed by atoms with E-state index >= 15 is 0 Å². The van der Waals surface area contributed by atoms with Crippen molar-refractivity contribution in [3.05, 3.63) is 29.8 Å². The molecule has 0 N–H and O–H groups in total. The summed E-state index contributed by atoms with van der Waals surface area (Å²) in [6.45, 7) is 4.85. The summed E-state index contributed by atoms with van der Waals surface area (Å²) in [7, 11) is -3.42. The molecule has 1 fully saturated rings. The Morgan fingerprint density at radius 3 is 2.53 bits per heavy atom. The number of hydrogen-bond donors (Lipinski definition) is 0. The predicted molar refractivity (Wildman–Crippen MR) is 65.1 cm³/mol. The molecule has 1 saturated heterocycles. The fourth-order valence-corrected chi connectivity index (χ4v) is 3.47. The summed E-state index contributed by atoms with van der Waals surface area (Å²) >= 11 is 0. The van der Waals surface area contributed by atoms with Crippen LogP contribution < -0.4 is 0 Å². The van der Waals surface area contributed by atoms with Crippen molar-refractivity contribution in [1.29, 1.82) is 0 Å². The van der Waals surface area contributed by atoms with Crippen molar-refractivity contribution >= 4 is 10.0 Å². The number of aryl methyl sites for hydroxylation is 1. The maximum Gasteiger partial charge on any atom is 0.245 e. The number of rotatable bonds is 2. The summed E-state index contributed by atoms with van der Waals surface area (Å²) in [4.78, 5) is 0.334. The molecule has 0 amide bonds. The van der Waals surface area contributed by atoms with Gasteiger partial charge in [-0.05, 0) is 32.4 Å². The van der Waals surface area contributed by atoms with Crippen LogP contribution in [-0.2, 0) is 14.8 Å². The number of benzene rings is 1. The van der Waals surface area contributed by atoms with Crippen LogP contribution in [0.2, 0.25) is 0 Å². The fraction of sp³-hybridized carbons (Fsp3) is 0.500. The quantitative estimate of drug-likeness (QED) is 0.809. The van der Waals surface area contributed by atoms with E-state index < -0.39 is 10.0 Å². The first-order valence-electron chi connectivity index (χ1n) is 5.72. The molecule has 17 heavy (non-hydrogen) atoms. The van der Waals surface area contributed by atoms with E-state index in [0.717, 1.165) is 12.0 Å². The summed E-state index contributed by atoms with van der Waals surface area (Å²) < 4.78 is 31.5. The second-order valence-corrected chi connectivity index (χ2v) is 6.14. The number of ether oxygens (including phenoxy) is 1. The third-order valence-corrected chi connectivity index (χ3v) is 4.88. The number of nitrogens with zero attached hydrogens (tertiary/aromatic N) is 1. The first-order chi connectivity index (χ1) is 8.01. The molecule has 1 atom stereocenters. The Hall–Kier alpha value is -0.910. The summed E-state index contributed by atoms with van der Waals surface area (Å²) in [6.07, 6.45) is 0.366. The predicted octanol–water partition coefficient (Wildman–Crippen LogP) is 1.75. The maximum atomic E-state index is 12.4. The Morgan fingerprint density at radius 1 is 1.29 bits per heavy atom. The van der Waals surface area contributed by atoms with Gasteiger partial charge in [-0.15, -0.1) is 0 Å². The third-order valence-electron chi connectivity index (χ3n) is 2.92. The highest BCUT2D eigenvalue weighted by atomic mass is 32.2. The van der Waals surface area contributed by atoms with Crippen molar-refractivity contribution in [1.82, 2.24) is 4.31 Å². The zero-order chi connectivity index (χ0) is 12.5. The van der Waals surface area contributed by atoms with Crippen molar-refractivity contribution in [3.63, 3.8) is 0 Å². The maximum absolute atomic E-state index is 12.4. The van der Waals surface area contributed by atoms with E-state index in [1.807, 2.05) is 19.1 Å². The lowest BCUT2D eigenvalue weighted by Gasteiger charge is -2.32. The Bertz CT molecular complexity index is 481. The minimum Gasteiger partial charge on any atom is -0.362 e. The molecule has 1 aromatic rings. The lowest BCUT2D eigenvalue weighted by Crippen LogP contribution is -2.44. The normalized spacial score (nSPS) is 22.6. The van der Waals surface area contributed by atoms with Crippen molar-refractivity contribution in [3.8, 4) is 0 Å². The van der Waals surface area contributed by atoms with Crippen LogP contribution in [0.5, 0.6) is 0 Å². The van der Waals surface area contributed by atoms with E-state index in [1.165, 1.54) is 4.31 Å². The van der Waals surface area contributed by atoms with Gasteiger partial charge in [-0.2, -0.15) is 4.31 Å². The first kappa shape index (κ1) is 12.5. The van der Waals surface area contributed by atoms with Crippen LogP contribution in [0.25, 0.3) is 0 Å². The molecule has 0 saturated carbocycles. The van der Waals surface area contributed by atoms with Crippen molar-refractivity contribution < 1.29 is 13.2 Å². The van der Waals surface area contributed by atoms with Crippen LogP contribution in [0, 0.1) is 6.92 Å². The topological polar surface area (TPSA) is 46.6 Å². The fourth-order valence-electron chi connectivity index (χ4n) is 1.90. The van der Waals surface area contributed by atoms with Gasteiger partial charge in [0.05, 0.1) is 4.90 Å². The average molecular weight is 255 g/mol. The molecular weight excluding hydrogens is 238 g/mol. The largest absolute Gasteiger partial charge is 0.362 e. The second kappa shape index (κ2) is 4.76. The van der Waals surface area contributed by atoms with Gasteiger partial charge >= 0.3 is 0 Å². The molecular formula is C12H17NO3S. The van der Waals surface area contributed by atoms with Crippen LogP contribution in [0.3, 0.4) is 0 Å². The van der Waals surface area contributed by atoms with E-state index in [2.05, 4.69) is 0 Å². The highest BCUT2D eigenvalue weighted by Gasteiger charge is 2.31. The highest BCUT2D eigenvalue weighted by molar-refractivity contribution is 7.89. The first-order valence-corrected chi connectivity index (χ1v) is 7.16. The van der Waals surface area contributed by atoms with Crippen LogP contribution in [-0.4, -0.2) is 32.1 Å². The molecule has 0 spiro atoms. The Kier molecular flexibility index (Phi) is 3.51. The van der Waals surface area contributed by atoms with Crippen molar-refractivity contribution in [2.75, 3.05) is 13.2 Å². The summed E-state index contributed by atoms with van der Waals surface area (Å²) in [5.41, 5.74) is 1.05. The molecule has 1 heterocycles. The Balaban J connectivity index is 2.32. The van der Waals surface area contributed by atoms with Gasteiger partial charge < -0.3 is 4.74 Å². The van der Waals surface area contributed by atoms with Crippen LogP contribution in [0.15, 0.2) is 29.2 Å². The van der Waals surface area contributed by atoms with E-state index in [4.69, 9.17) is 4.74 Å². The molecule has 1 aliphatic rings. The molecule has 1 aromatic carbocycles. The van der Waals surface area contributed by atoms with E-state index in [1.54, 1.807) is 19.1 Å². The smallest absolute Gasteiger partial charge is 0.245 e. The Labute approximate surface area is 102 Å². The van der Waals surface area contributed by atoms with Gasteiger partial charge in [-0.25, -0.2) is 8.42 Å². The van der Waals surface area contributed by atoms with Crippen LogP contribution in [0.1, 0.15) is 18.9 Å². The summed E-state index contributed by atoms with van der Waals surface area (Å²) in [5, 5.41) is 0. The molecule has 0 radical (unpaired) electrons. The zero-order valence-corrected chi connectivity index (χ0v) is 10.9. The van der Waals surface area contributed by atoms with Crippen molar-refractivity contribution in [2.24, 2.45) is 0 Å². The molecule has 5 heteroatoms. The lowest BCUT2D eigenvalue weighted by atomic mass is 10.2. The molecule has 1 aliphatic heterocycles. The zero-order valence-electron chi connectivity index (χ0n) is 10.1. The van der Waals surface area contributed by atoms with Gasteiger partial charge in [-0.3, -0.25) is 0 Å². The summed E-state index contributed by atoms with van der Waals surface area (Å²) in [5.74, 6) is 0. The number of hydrogen-bond acceptors (Lipinski definition) is 3. The van der Waals surface area contributed by atoms with Crippen molar-refractivity contribution in [2.45, 2.75) is 31.4 Å². The van der Waals surface area contributed by atoms with Gasteiger partial charge in [0.15, 0.2) is 0 Å². The summed E-state index contributed by atoms with van der Waals surface area (Å²) in [6, 6.07) is 6.91. The molecule has 2 rings (SSSR count). The van der Waals surface area contributed by atoms with Crippen LogP contribution in [0.4, 0.5) is 0 Å². The molecule has 0 aliphatic carbocycles. The van der Waals surface area contributed by atoms with E-state index in [9.17, 15) is 8.42 Å². The molecule has 94 valence electrons. The average Bonchev–Trinajstić information content (AvgIpc) is 2.30. The second-order valence-electron chi connectivity index (χ2n) is 4.25. The highest BCUT2D eigenvalue weighted by Crippen LogP contribution is 2.21. The molecule has 0 aromatic heterocycles. The molecule has 4 nitrogen and oxygen atoms in total. The standard InChI is InChI=1S/C12H17NO3S/c1-10-4-6-12(7-5-10)17(14,15)13-8-3-9-16-11(13)2/h4-7,11H,3,8-9H2,1-2H3. The minimum atomic E-state index is -3.42.